The van der Waals surface area contributed by atoms with Gasteiger partial charge in [-0.3, -0.25) is 9.48 Å². The van der Waals surface area contributed by atoms with Crippen molar-refractivity contribution in [3.63, 3.8) is 0 Å². The molecule has 1 N–H and O–H groups in total. The molecule has 35 heavy (non-hydrogen) atoms. The molecule has 0 unspecified atom stereocenters. The quantitative estimate of drug-likeness (QED) is 0.548. The molecule has 2 aromatic rings. The Balaban J connectivity index is 1.68. The molecule has 2 heterocycles. The molecule has 192 valence electrons. The summed E-state index contributed by atoms with van der Waals surface area (Å²) in [5.74, 6) is -0.662. The van der Waals surface area contributed by atoms with Crippen LogP contribution in [0.25, 0.3) is 0 Å². The summed E-state index contributed by atoms with van der Waals surface area (Å²) in [7, 11) is -3.32. The van der Waals surface area contributed by atoms with Gasteiger partial charge in [0.1, 0.15) is 0 Å². The van der Waals surface area contributed by atoms with Crippen molar-refractivity contribution in [3.05, 3.63) is 46.8 Å². The van der Waals surface area contributed by atoms with Crippen LogP contribution in [0.3, 0.4) is 0 Å². The number of hydrogen-bond acceptors (Lipinski definition) is 7. The van der Waals surface area contributed by atoms with Crippen LogP contribution < -0.4 is 5.32 Å². The van der Waals surface area contributed by atoms with E-state index in [1.165, 1.54) is 24.3 Å². The highest BCUT2D eigenvalue weighted by Gasteiger charge is 2.24. The molecule has 9 nitrogen and oxygen atoms in total. The zero-order valence-electron chi connectivity index (χ0n) is 20.7. The number of nitrogens with zero attached hydrogens (tertiary/aromatic N) is 2. The van der Waals surface area contributed by atoms with Crippen molar-refractivity contribution in [3.8, 4) is 0 Å². The van der Waals surface area contributed by atoms with Crippen molar-refractivity contribution in [2.45, 2.75) is 57.9 Å². The molecule has 0 bridgehead atoms. The minimum absolute atomic E-state index is 0.000131. The van der Waals surface area contributed by atoms with Crippen LogP contribution in [-0.4, -0.2) is 62.2 Å². The average Bonchev–Trinajstić information content (AvgIpc) is 3.18. The first-order valence-electron chi connectivity index (χ1n) is 12.2. The average molecular weight is 506 g/mol. The molecule has 1 aliphatic rings. The SMILES string of the molecule is CCc1nn(C[C@@H](C)COC(=O)c2ccc(S(=O)(=O)CC)cc2)c2c1C(=O)NCCCOCCC2. The van der Waals surface area contributed by atoms with Crippen molar-refractivity contribution < 1.29 is 27.5 Å². The second kappa shape index (κ2) is 12.3. The van der Waals surface area contributed by atoms with Gasteiger partial charge in [-0.05, 0) is 49.9 Å². The van der Waals surface area contributed by atoms with E-state index >= 15 is 0 Å². The maximum absolute atomic E-state index is 12.9. The number of amides is 1. The Kier molecular flexibility index (Phi) is 9.45. The van der Waals surface area contributed by atoms with Crippen LogP contribution in [0, 0.1) is 5.92 Å². The van der Waals surface area contributed by atoms with Crippen LogP contribution in [0.2, 0.25) is 0 Å². The van der Waals surface area contributed by atoms with Gasteiger partial charge in [0.25, 0.3) is 5.91 Å². The fraction of sp³-hybridized carbons (Fsp3) is 0.560. The Hall–Kier alpha value is -2.72. The van der Waals surface area contributed by atoms with E-state index in [9.17, 15) is 18.0 Å². The van der Waals surface area contributed by atoms with Crippen molar-refractivity contribution >= 4 is 21.7 Å². The number of hydrogen-bond donors (Lipinski definition) is 1. The van der Waals surface area contributed by atoms with Crippen LogP contribution in [0.5, 0.6) is 0 Å². The van der Waals surface area contributed by atoms with Crippen LogP contribution in [0.1, 0.15) is 65.7 Å². The third-order valence-electron chi connectivity index (χ3n) is 5.96. The van der Waals surface area contributed by atoms with Gasteiger partial charge in [-0.2, -0.15) is 5.10 Å². The van der Waals surface area contributed by atoms with Crippen molar-refractivity contribution in [2.75, 3.05) is 32.1 Å². The van der Waals surface area contributed by atoms with Gasteiger partial charge >= 0.3 is 5.97 Å². The fourth-order valence-electron chi connectivity index (χ4n) is 3.99. The molecule has 1 aromatic heterocycles. The van der Waals surface area contributed by atoms with Crippen LogP contribution >= 0.6 is 0 Å². The zero-order valence-corrected chi connectivity index (χ0v) is 21.5. The number of aromatic nitrogens is 2. The van der Waals surface area contributed by atoms with Crippen LogP contribution in [-0.2, 0) is 38.7 Å². The lowest BCUT2D eigenvalue weighted by atomic mass is 10.1. The first-order valence-corrected chi connectivity index (χ1v) is 13.9. The number of carbonyl (C=O) groups excluding carboxylic acids is 2. The number of ether oxygens (including phenoxy) is 2. The number of nitrogens with one attached hydrogen (secondary N) is 1. The summed E-state index contributed by atoms with van der Waals surface area (Å²) in [4.78, 5) is 25.5. The van der Waals surface area contributed by atoms with Crippen molar-refractivity contribution in [1.29, 1.82) is 0 Å². The lowest BCUT2D eigenvalue weighted by Crippen LogP contribution is -2.27. The molecule has 1 aromatic carbocycles. The Morgan fingerprint density at radius 1 is 1.20 bits per heavy atom. The summed E-state index contributed by atoms with van der Waals surface area (Å²) in [6.45, 7) is 8.00. The number of rotatable bonds is 8. The van der Waals surface area contributed by atoms with Gasteiger partial charge in [0.15, 0.2) is 9.84 Å². The van der Waals surface area contributed by atoms with E-state index in [2.05, 4.69) is 5.32 Å². The van der Waals surface area contributed by atoms with Gasteiger partial charge in [0.2, 0.25) is 0 Å². The van der Waals surface area contributed by atoms with Crippen molar-refractivity contribution in [2.24, 2.45) is 5.92 Å². The van der Waals surface area contributed by atoms with Crippen LogP contribution in [0.4, 0.5) is 0 Å². The van der Waals surface area contributed by atoms with Gasteiger partial charge in [0, 0.05) is 32.2 Å². The topological polar surface area (TPSA) is 117 Å². The van der Waals surface area contributed by atoms with E-state index in [1.54, 1.807) is 6.92 Å². The third-order valence-corrected chi connectivity index (χ3v) is 7.71. The van der Waals surface area contributed by atoms with Gasteiger partial charge in [-0.1, -0.05) is 20.8 Å². The molecule has 1 amide bonds. The summed E-state index contributed by atoms with van der Waals surface area (Å²) in [6.07, 6.45) is 2.89. The van der Waals surface area contributed by atoms with E-state index in [4.69, 9.17) is 14.6 Å². The Labute approximate surface area is 207 Å². The normalized spacial score (nSPS) is 16.0. The molecule has 0 radical (unpaired) electrons. The minimum Gasteiger partial charge on any atom is -0.462 e. The molecule has 0 fully saturated rings. The lowest BCUT2D eigenvalue weighted by Gasteiger charge is -2.15. The van der Waals surface area contributed by atoms with E-state index in [0.29, 0.717) is 50.3 Å². The number of esters is 1. The smallest absolute Gasteiger partial charge is 0.338 e. The maximum atomic E-state index is 12.9. The molecule has 0 saturated heterocycles. The standard InChI is InChI=1S/C25H35N3O6S/c1-4-21-23-22(8-6-14-33-15-7-13-26-24(23)29)28(27-21)16-18(3)17-34-25(30)19-9-11-20(12-10-19)35(31,32)5-2/h9-12,18H,4-8,13-17H2,1-3H3,(H,26,29)/t18-/m1/s1. The highest BCUT2D eigenvalue weighted by molar-refractivity contribution is 7.91. The summed E-state index contributed by atoms with van der Waals surface area (Å²) < 4.78 is 36.9. The molecule has 0 spiro atoms. The van der Waals surface area contributed by atoms with Crippen molar-refractivity contribution in [1.82, 2.24) is 15.1 Å². The highest BCUT2D eigenvalue weighted by atomic mass is 32.2. The second-order valence-corrected chi connectivity index (χ2v) is 11.0. The summed E-state index contributed by atoms with van der Waals surface area (Å²) in [5, 5.41) is 7.69. The van der Waals surface area contributed by atoms with Gasteiger partial charge in [-0.15, -0.1) is 0 Å². The Bertz CT molecular complexity index is 1120. The van der Waals surface area contributed by atoms with Gasteiger partial charge in [-0.25, -0.2) is 13.2 Å². The summed E-state index contributed by atoms with van der Waals surface area (Å²) >= 11 is 0. The zero-order chi connectivity index (χ0) is 25.4. The molecule has 3 rings (SSSR count). The van der Waals surface area contributed by atoms with E-state index in [1.807, 2.05) is 18.5 Å². The number of benzene rings is 1. The Morgan fingerprint density at radius 3 is 2.60 bits per heavy atom. The van der Waals surface area contributed by atoms with Gasteiger partial charge in [0.05, 0.1) is 39.8 Å². The predicted molar refractivity (Wildman–Crippen MR) is 131 cm³/mol. The lowest BCUT2D eigenvalue weighted by molar-refractivity contribution is 0.0435. The summed E-state index contributed by atoms with van der Waals surface area (Å²) in [5.41, 5.74) is 2.60. The Morgan fingerprint density at radius 2 is 1.91 bits per heavy atom. The van der Waals surface area contributed by atoms with E-state index in [-0.39, 0.29) is 29.1 Å². The monoisotopic (exact) mass is 505 g/mol. The second-order valence-electron chi connectivity index (χ2n) is 8.76. The molecular weight excluding hydrogens is 470 g/mol. The maximum Gasteiger partial charge on any atom is 0.338 e. The molecule has 10 heteroatoms. The van der Waals surface area contributed by atoms with E-state index < -0.39 is 15.8 Å². The number of fused-ring (bicyclic) bond motifs is 1. The molecule has 1 aliphatic heterocycles. The minimum atomic E-state index is -3.32. The number of aryl methyl sites for hydroxylation is 1. The fourth-order valence-corrected chi connectivity index (χ4v) is 4.87. The van der Waals surface area contributed by atoms with Crippen LogP contribution in [0.15, 0.2) is 29.2 Å². The first-order chi connectivity index (χ1) is 16.8. The third kappa shape index (κ3) is 6.91. The molecule has 1 atom stereocenters. The first kappa shape index (κ1) is 26.9. The number of sulfone groups is 1. The molecule has 0 aliphatic carbocycles. The predicted octanol–water partition coefficient (Wildman–Crippen LogP) is 2.81. The van der Waals surface area contributed by atoms with Gasteiger partial charge < -0.3 is 14.8 Å². The molecule has 0 saturated carbocycles. The summed E-state index contributed by atoms with van der Waals surface area (Å²) in [6, 6.07) is 5.78. The number of carbonyl (C=O) groups is 2. The highest BCUT2D eigenvalue weighted by Crippen LogP contribution is 2.20. The molecular formula is C25H35N3O6S. The van der Waals surface area contributed by atoms with E-state index in [0.717, 1.165) is 24.2 Å². The largest absolute Gasteiger partial charge is 0.462 e.